The molecule has 1 saturated carbocycles. The molecule has 0 aromatic rings. The minimum atomic E-state index is 0.424. The third kappa shape index (κ3) is 3.02. The normalized spacial score (nSPS) is 24.7. The summed E-state index contributed by atoms with van der Waals surface area (Å²) in [6, 6.07) is 0.645. The standard InChI is InChI=1S/C12H22N2O/c1-10(2)14-7-5-13(6-8-14)9-12(15)11-3-4-11/h10-11H,3-9H2,1-2H3. The van der Waals surface area contributed by atoms with E-state index in [-0.39, 0.29) is 0 Å². The molecule has 15 heavy (non-hydrogen) atoms. The van der Waals surface area contributed by atoms with Crippen molar-refractivity contribution in [2.24, 2.45) is 5.92 Å². The molecule has 0 aromatic heterocycles. The fraction of sp³-hybridized carbons (Fsp3) is 0.917. The summed E-state index contributed by atoms with van der Waals surface area (Å²) in [5, 5.41) is 0. The summed E-state index contributed by atoms with van der Waals surface area (Å²) >= 11 is 0. The van der Waals surface area contributed by atoms with Crippen LogP contribution in [0.1, 0.15) is 26.7 Å². The highest BCUT2D eigenvalue weighted by atomic mass is 16.1. The molecule has 0 amide bonds. The van der Waals surface area contributed by atoms with Gasteiger partial charge in [0.1, 0.15) is 5.78 Å². The lowest BCUT2D eigenvalue weighted by molar-refractivity contribution is -0.121. The molecule has 0 aromatic carbocycles. The van der Waals surface area contributed by atoms with Crippen LogP contribution in [0.3, 0.4) is 0 Å². The van der Waals surface area contributed by atoms with E-state index < -0.39 is 0 Å². The second-order valence-corrected chi connectivity index (χ2v) is 5.15. The summed E-state index contributed by atoms with van der Waals surface area (Å²) < 4.78 is 0. The number of rotatable bonds is 4. The summed E-state index contributed by atoms with van der Waals surface area (Å²) in [5.74, 6) is 0.904. The lowest BCUT2D eigenvalue weighted by atomic mass is 10.2. The number of carbonyl (C=O) groups is 1. The zero-order valence-corrected chi connectivity index (χ0v) is 9.91. The van der Waals surface area contributed by atoms with Gasteiger partial charge in [-0.1, -0.05) is 0 Å². The van der Waals surface area contributed by atoms with Crippen LogP contribution in [-0.4, -0.2) is 54.3 Å². The quantitative estimate of drug-likeness (QED) is 0.691. The molecule has 3 heteroatoms. The Balaban J connectivity index is 1.70. The summed E-state index contributed by atoms with van der Waals surface area (Å²) in [5.41, 5.74) is 0. The Morgan fingerprint density at radius 1 is 1.20 bits per heavy atom. The number of ketones is 1. The number of hydrogen-bond acceptors (Lipinski definition) is 3. The Hall–Kier alpha value is -0.410. The molecule has 1 saturated heterocycles. The van der Waals surface area contributed by atoms with Crippen molar-refractivity contribution in [3.8, 4) is 0 Å². The van der Waals surface area contributed by atoms with Crippen molar-refractivity contribution in [1.82, 2.24) is 9.80 Å². The molecule has 2 rings (SSSR count). The first-order valence-corrected chi connectivity index (χ1v) is 6.16. The van der Waals surface area contributed by atoms with E-state index in [2.05, 4.69) is 23.6 Å². The van der Waals surface area contributed by atoms with Crippen LogP contribution >= 0.6 is 0 Å². The summed E-state index contributed by atoms with van der Waals surface area (Å²) in [6.45, 7) is 9.56. The SMILES string of the molecule is CC(C)N1CCN(CC(=O)C2CC2)CC1. The first-order valence-electron chi connectivity index (χ1n) is 6.16. The van der Waals surface area contributed by atoms with Crippen LogP contribution in [0.25, 0.3) is 0 Å². The minimum absolute atomic E-state index is 0.424. The van der Waals surface area contributed by atoms with Gasteiger partial charge in [0, 0.05) is 38.1 Å². The molecule has 2 aliphatic rings. The van der Waals surface area contributed by atoms with E-state index in [1.807, 2.05) is 0 Å². The van der Waals surface area contributed by atoms with E-state index in [4.69, 9.17) is 0 Å². The van der Waals surface area contributed by atoms with Crippen LogP contribution in [-0.2, 0) is 4.79 Å². The second-order valence-electron chi connectivity index (χ2n) is 5.15. The fourth-order valence-corrected chi connectivity index (χ4v) is 2.19. The van der Waals surface area contributed by atoms with Gasteiger partial charge in [-0.25, -0.2) is 0 Å². The number of nitrogens with zero attached hydrogens (tertiary/aromatic N) is 2. The lowest BCUT2D eigenvalue weighted by Crippen LogP contribution is -2.50. The van der Waals surface area contributed by atoms with Crippen molar-refractivity contribution in [2.75, 3.05) is 32.7 Å². The Morgan fingerprint density at radius 2 is 1.80 bits per heavy atom. The first-order chi connectivity index (χ1) is 7.16. The average Bonchev–Trinajstić information content (AvgIpc) is 3.01. The molecule has 1 aliphatic carbocycles. The van der Waals surface area contributed by atoms with Crippen LogP contribution in [0.2, 0.25) is 0 Å². The maximum atomic E-state index is 11.6. The van der Waals surface area contributed by atoms with E-state index in [0.717, 1.165) is 39.0 Å². The topological polar surface area (TPSA) is 23.6 Å². The van der Waals surface area contributed by atoms with E-state index >= 15 is 0 Å². The fourth-order valence-electron chi connectivity index (χ4n) is 2.19. The van der Waals surface area contributed by atoms with Gasteiger partial charge in [-0.3, -0.25) is 14.6 Å². The number of Topliss-reactive ketones (excluding diaryl/α,β-unsaturated/α-hetero) is 1. The van der Waals surface area contributed by atoms with Gasteiger partial charge in [0.2, 0.25) is 0 Å². The number of carbonyl (C=O) groups excluding carboxylic acids is 1. The predicted molar refractivity (Wildman–Crippen MR) is 60.9 cm³/mol. The third-order valence-corrected chi connectivity index (χ3v) is 3.55. The Kier molecular flexibility index (Phi) is 3.42. The summed E-state index contributed by atoms with van der Waals surface area (Å²) in [6.07, 6.45) is 2.29. The molecule has 0 atom stereocenters. The zero-order valence-electron chi connectivity index (χ0n) is 9.91. The largest absolute Gasteiger partial charge is 0.298 e. The lowest BCUT2D eigenvalue weighted by Gasteiger charge is -2.36. The van der Waals surface area contributed by atoms with Crippen molar-refractivity contribution in [2.45, 2.75) is 32.7 Å². The second kappa shape index (κ2) is 4.62. The van der Waals surface area contributed by atoms with Gasteiger partial charge in [0.15, 0.2) is 0 Å². The molecule has 0 radical (unpaired) electrons. The summed E-state index contributed by atoms with van der Waals surface area (Å²) in [7, 11) is 0. The number of piperazine rings is 1. The van der Waals surface area contributed by atoms with Gasteiger partial charge in [0.25, 0.3) is 0 Å². The van der Waals surface area contributed by atoms with Crippen molar-refractivity contribution in [3.05, 3.63) is 0 Å². The monoisotopic (exact) mass is 210 g/mol. The molecule has 3 nitrogen and oxygen atoms in total. The molecule has 2 fully saturated rings. The van der Waals surface area contributed by atoms with Gasteiger partial charge in [-0.15, -0.1) is 0 Å². The van der Waals surface area contributed by atoms with Gasteiger partial charge in [-0.2, -0.15) is 0 Å². The van der Waals surface area contributed by atoms with Crippen molar-refractivity contribution < 1.29 is 4.79 Å². The van der Waals surface area contributed by atoms with Crippen LogP contribution in [0, 0.1) is 5.92 Å². The summed E-state index contributed by atoms with van der Waals surface area (Å²) in [4.78, 5) is 16.4. The predicted octanol–water partition coefficient (Wildman–Crippen LogP) is 0.991. The van der Waals surface area contributed by atoms with E-state index in [1.54, 1.807) is 0 Å². The van der Waals surface area contributed by atoms with Crippen molar-refractivity contribution in [3.63, 3.8) is 0 Å². The van der Waals surface area contributed by atoms with Gasteiger partial charge >= 0.3 is 0 Å². The Morgan fingerprint density at radius 3 is 2.27 bits per heavy atom. The van der Waals surface area contributed by atoms with Gasteiger partial charge in [-0.05, 0) is 26.7 Å². The van der Waals surface area contributed by atoms with Crippen LogP contribution in [0.15, 0.2) is 0 Å². The van der Waals surface area contributed by atoms with E-state index in [9.17, 15) is 4.79 Å². The molecule has 86 valence electrons. The van der Waals surface area contributed by atoms with Crippen molar-refractivity contribution in [1.29, 1.82) is 0 Å². The first kappa shape index (κ1) is 11.1. The van der Waals surface area contributed by atoms with Crippen LogP contribution in [0.5, 0.6) is 0 Å². The molecule has 0 unspecified atom stereocenters. The average molecular weight is 210 g/mol. The minimum Gasteiger partial charge on any atom is -0.298 e. The molecule has 1 heterocycles. The smallest absolute Gasteiger partial charge is 0.149 e. The maximum absolute atomic E-state index is 11.6. The van der Waals surface area contributed by atoms with Gasteiger partial charge in [0.05, 0.1) is 6.54 Å². The molecular formula is C12H22N2O. The van der Waals surface area contributed by atoms with Crippen molar-refractivity contribution >= 4 is 5.78 Å². The van der Waals surface area contributed by atoms with Crippen LogP contribution < -0.4 is 0 Å². The zero-order chi connectivity index (χ0) is 10.8. The molecule has 0 N–H and O–H groups in total. The number of hydrogen-bond donors (Lipinski definition) is 0. The Labute approximate surface area is 92.4 Å². The van der Waals surface area contributed by atoms with E-state index in [1.165, 1.54) is 0 Å². The maximum Gasteiger partial charge on any atom is 0.149 e. The molecule has 1 aliphatic heterocycles. The molecular weight excluding hydrogens is 188 g/mol. The van der Waals surface area contributed by atoms with Crippen LogP contribution in [0.4, 0.5) is 0 Å². The highest BCUT2D eigenvalue weighted by Crippen LogP contribution is 2.30. The molecule has 0 spiro atoms. The Bertz CT molecular complexity index is 228. The molecule has 0 bridgehead atoms. The van der Waals surface area contributed by atoms with E-state index in [0.29, 0.717) is 24.3 Å². The van der Waals surface area contributed by atoms with Gasteiger partial charge < -0.3 is 0 Å². The highest BCUT2D eigenvalue weighted by molar-refractivity contribution is 5.84. The highest BCUT2D eigenvalue weighted by Gasteiger charge is 2.31. The third-order valence-electron chi connectivity index (χ3n) is 3.55.